The Morgan fingerprint density at radius 1 is 0.326 bits per heavy atom. The van der Waals surface area contributed by atoms with E-state index in [2.05, 4.69) is 130 Å². The highest BCUT2D eigenvalue weighted by atomic mass is 31.2. The first-order chi connectivity index (χ1) is 43.2. The molecular weight excluding hydrogens is 1170 g/mol. The van der Waals surface area contributed by atoms with Crippen molar-refractivity contribution in [2.75, 3.05) is 39.6 Å². The van der Waals surface area contributed by atoms with Crippen LogP contribution in [0.15, 0.2) is 109 Å². The maximum absolute atomic E-state index is 12.9. The zero-order valence-electron chi connectivity index (χ0n) is 55.3. The van der Waals surface area contributed by atoms with Crippen molar-refractivity contribution < 1.29 is 75.8 Å². The van der Waals surface area contributed by atoms with E-state index in [1.54, 1.807) is 0 Å². The second-order valence-corrected chi connectivity index (χ2v) is 25.5. The first-order valence-electron chi connectivity index (χ1n) is 34.2. The van der Waals surface area contributed by atoms with E-state index in [0.717, 1.165) is 141 Å². The molecule has 0 bridgehead atoms. The number of allylic oxidation sites excluding steroid dienone is 18. The number of rotatable bonds is 64. The fourth-order valence-corrected chi connectivity index (χ4v) is 10.3. The van der Waals surface area contributed by atoms with E-state index in [0.29, 0.717) is 19.3 Å². The van der Waals surface area contributed by atoms with Gasteiger partial charge in [0.25, 0.3) is 0 Å². The fraction of sp³-hybridized carbons (Fsp3) is 0.704. The maximum atomic E-state index is 12.9. The Labute approximate surface area is 539 Å². The van der Waals surface area contributed by atoms with Crippen LogP contribution in [0.5, 0.6) is 0 Å². The standard InChI is InChI=1S/C71H122O16P2/c1-4-7-10-13-16-19-22-24-26-28-30-32-34-36-38-40-43-45-48-51-54-57-69(74)81-60-66(72)61-83-88(77,78)84-62-67(73)63-85-89(79,80)86-65-68(87-71(76)59-56-53-50-47-42-21-18-15-12-9-6-3)64-82-70(75)58-55-52-49-46-44-41-39-37-35-33-31-29-27-25-23-20-17-14-11-8-5-2/h7,10,16-17,19-20,24-27,30-33,36-39,66-68,72-73H,4-6,8-9,11-15,18,21-23,28-29,34-35,40-65H2,1-3H3,(H,77,78)(H,79,80)/b10-7-,19-16-,20-17-,26-24-,27-25-,32-30-,33-31-,38-36-,39-37-. The SMILES string of the molecule is CC/C=C\C/C=C\C/C=C\C/C=C\C/C=C\CCCCCCCC(=O)OCC(O)COP(=O)(O)OCC(O)COP(=O)(O)OCC(COC(=O)CCCCCCC/C=C\C/C=C\C/C=C\C/C=C\CCCCC)OC(=O)CCCCCCCCCCCCC. The number of hydrogen-bond acceptors (Lipinski definition) is 14. The van der Waals surface area contributed by atoms with Gasteiger partial charge in [0.1, 0.15) is 25.4 Å². The lowest BCUT2D eigenvalue weighted by Crippen LogP contribution is -2.30. The smallest absolute Gasteiger partial charge is 0.463 e. The third kappa shape index (κ3) is 65.5. The molecular formula is C71H122O16P2. The molecule has 0 saturated carbocycles. The van der Waals surface area contributed by atoms with Gasteiger partial charge in [0.05, 0.1) is 26.4 Å². The molecule has 0 saturated heterocycles. The lowest BCUT2D eigenvalue weighted by Gasteiger charge is -2.21. The molecule has 0 radical (unpaired) electrons. The lowest BCUT2D eigenvalue weighted by atomic mass is 10.1. The van der Waals surface area contributed by atoms with E-state index in [-0.39, 0.29) is 19.3 Å². The molecule has 0 aliphatic carbocycles. The summed E-state index contributed by atoms with van der Waals surface area (Å²) in [5, 5.41) is 20.5. The lowest BCUT2D eigenvalue weighted by molar-refractivity contribution is -0.161. The van der Waals surface area contributed by atoms with E-state index < -0.39 is 91.5 Å². The molecule has 0 fully saturated rings. The second kappa shape index (κ2) is 64.3. The zero-order chi connectivity index (χ0) is 65.3. The third-order valence-corrected chi connectivity index (χ3v) is 15.9. The van der Waals surface area contributed by atoms with Crippen LogP contribution in [-0.4, -0.2) is 95.9 Å². The summed E-state index contributed by atoms with van der Waals surface area (Å²) >= 11 is 0. The summed E-state index contributed by atoms with van der Waals surface area (Å²) < 4.78 is 60.8. The Morgan fingerprint density at radius 2 is 0.596 bits per heavy atom. The monoisotopic (exact) mass is 1290 g/mol. The van der Waals surface area contributed by atoms with Gasteiger partial charge < -0.3 is 34.2 Å². The summed E-state index contributed by atoms with van der Waals surface area (Å²) in [5.74, 6) is -1.61. The van der Waals surface area contributed by atoms with Crippen molar-refractivity contribution in [3.63, 3.8) is 0 Å². The van der Waals surface area contributed by atoms with Gasteiger partial charge in [-0.2, -0.15) is 0 Å². The van der Waals surface area contributed by atoms with Gasteiger partial charge in [-0.15, -0.1) is 0 Å². The van der Waals surface area contributed by atoms with Crippen LogP contribution >= 0.6 is 15.6 Å². The molecule has 0 aliphatic heterocycles. The van der Waals surface area contributed by atoms with Crippen LogP contribution in [-0.2, 0) is 55.8 Å². The molecule has 18 heteroatoms. The fourth-order valence-electron chi connectivity index (χ4n) is 8.76. The number of carbonyl (C=O) groups is 3. The molecule has 0 heterocycles. The quantitative estimate of drug-likeness (QED) is 0.0146. The van der Waals surface area contributed by atoms with Gasteiger partial charge in [-0.05, 0) is 109 Å². The number of unbranched alkanes of at least 4 members (excludes halogenated alkanes) is 23. The van der Waals surface area contributed by atoms with Crippen molar-refractivity contribution in [2.24, 2.45) is 0 Å². The molecule has 0 rings (SSSR count). The summed E-state index contributed by atoms with van der Waals surface area (Å²) in [6, 6.07) is 0. The van der Waals surface area contributed by atoms with Crippen LogP contribution in [0.25, 0.3) is 0 Å². The van der Waals surface area contributed by atoms with Gasteiger partial charge in [0.15, 0.2) is 6.10 Å². The minimum Gasteiger partial charge on any atom is -0.463 e. The van der Waals surface area contributed by atoms with Gasteiger partial charge in [0.2, 0.25) is 0 Å². The molecule has 512 valence electrons. The molecule has 0 aromatic carbocycles. The van der Waals surface area contributed by atoms with E-state index in [1.807, 2.05) is 0 Å². The minimum atomic E-state index is -4.93. The van der Waals surface area contributed by atoms with Gasteiger partial charge in [0, 0.05) is 19.3 Å². The minimum absolute atomic E-state index is 0.100. The average Bonchev–Trinajstić information content (AvgIpc) is 3.64. The Morgan fingerprint density at radius 3 is 0.966 bits per heavy atom. The van der Waals surface area contributed by atoms with Gasteiger partial charge in [-0.25, -0.2) is 9.13 Å². The van der Waals surface area contributed by atoms with Crippen molar-refractivity contribution >= 4 is 33.6 Å². The molecule has 0 spiro atoms. The van der Waals surface area contributed by atoms with Gasteiger partial charge in [-0.1, -0.05) is 246 Å². The average molecular weight is 1290 g/mol. The molecule has 16 nitrogen and oxygen atoms in total. The number of esters is 3. The van der Waals surface area contributed by atoms with E-state index in [9.17, 15) is 43.5 Å². The first-order valence-corrected chi connectivity index (χ1v) is 37.2. The molecule has 89 heavy (non-hydrogen) atoms. The van der Waals surface area contributed by atoms with E-state index in [1.165, 1.54) is 64.2 Å². The predicted octanol–water partition coefficient (Wildman–Crippen LogP) is 18.9. The Bertz CT molecular complexity index is 2060. The summed E-state index contributed by atoms with van der Waals surface area (Å²) in [7, 11) is -9.78. The molecule has 0 aliphatic rings. The molecule has 0 aromatic heterocycles. The van der Waals surface area contributed by atoms with Crippen molar-refractivity contribution in [3.8, 4) is 0 Å². The molecule has 5 atom stereocenters. The summed E-state index contributed by atoms with van der Waals surface area (Å²) in [6.45, 7) is 2.47. The highest BCUT2D eigenvalue weighted by Crippen LogP contribution is 2.45. The van der Waals surface area contributed by atoms with Gasteiger partial charge in [-0.3, -0.25) is 32.5 Å². The predicted molar refractivity (Wildman–Crippen MR) is 362 cm³/mol. The first kappa shape index (κ1) is 85.2. The number of ether oxygens (including phenoxy) is 3. The largest absolute Gasteiger partial charge is 0.472 e. The van der Waals surface area contributed by atoms with E-state index in [4.69, 9.17) is 32.3 Å². The highest BCUT2D eigenvalue weighted by Gasteiger charge is 2.29. The summed E-state index contributed by atoms with van der Waals surface area (Å²) in [6.07, 6.45) is 71.4. The third-order valence-electron chi connectivity index (χ3n) is 14.0. The van der Waals surface area contributed by atoms with Crippen molar-refractivity contribution in [1.29, 1.82) is 0 Å². The topological polar surface area (TPSA) is 231 Å². The molecule has 4 N–H and O–H groups in total. The summed E-state index contributed by atoms with van der Waals surface area (Å²) in [4.78, 5) is 58.3. The molecule has 5 unspecified atom stereocenters. The highest BCUT2D eigenvalue weighted by molar-refractivity contribution is 7.47. The number of aliphatic hydroxyl groups excluding tert-OH is 2. The molecule has 0 amide bonds. The van der Waals surface area contributed by atoms with Crippen LogP contribution in [0.2, 0.25) is 0 Å². The van der Waals surface area contributed by atoms with Crippen LogP contribution in [0.3, 0.4) is 0 Å². The number of carbonyl (C=O) groups excluding carboxylic acids is 3. The van der Waals surface area contributed by atoms with Crippen LogP contribution < -0.4 is 0 Å². The van der Waals surface area contributed by atoms with Crippen LogP contribution in [0.4, 0.5) is 0 Å². The number of aliphatic hydroxyl groups is 2. The van der Waals surface area contributed by atoms with Gasteiger partial charge >= 0.3 is 33.6 Å². The zero-order valence-corrected chi connectivity index (χ0v) is 57.1. The van der Waals surface area contributed by atoms with Crippen molar-refractivity contribution in [2.45, 2.75) is 283 Å². The van der Waals surface area contributed by atoms with Crippen molar-refractivity contribution in [3.05, 3.63) is 109 Å². The van der Waals surface area contributed by atoms with E-state index >= 15 is 0 Å². The Balaban J connectivity index is 4.63. The number of phosphoric ester groups is 2. The van der Waals surface area contributed by atoms with Crippen LogP contribution in [0.1, 0.15) is 265 Å². The number of hydrogen-bond donors (Lipinski definition) is 4. The summed E-state index contributed by atoms with van der Waals surface area (Å²) in [5.41, 5.74) is 0. The molecule has 0 aromatic rings. The number of phosphoric acid groups is 2. The van der Waals surface area contributed by atoms with Crippen LogP contribution in [0, 0.1) is 0 Å². The Kier molecular flexibility index (Phi) is 61.6. The Hall–Kier alpha value is -3.79. The second-order valence-electron chi connectivity index (χ2n) is 22.6. The maximum Gasteiger partial charge on any atom is 0.472 e. The van der Waals surface area contributed by atoms with Crippen molar-refractivity contribution in [1.82, 2.24) is 0 Å². The normalized spacial score (nSPS) is 14.9.